The molecule has 0 saturated carbocycles. The molecule has 1 aliphatic heterocycles. The molecule has 3 heteroatoms. The first kappa shape index (κ1) is 11.4. The van der Waals surface area contributed by atoms with Crippen LogP contribution in [0.4, 0.5) is 10.2 Å². The van der Waals surface area contributed by atoms with Crippen molar-refractivity contribution in [1.29, 1.82) is 0 Å². The van der Waals surface area contributed by atoms with Crippen LogP contribution >= 0.6 is 0 Å². The van der Waals surface area contributed by atoms with Crippen molar-refractivity contribution in [3.63, 3.8) is 0 Å². The van der Waals surface area contributed by atoms with Gasteiger partial charge in [-0.05, 0) is 30.4 Å². The standard InChI is InChI=1S/C13H19FN2/c1-10(2)11-3-4-13(15-9-11)16-7-5-12(14)6-8-16/h3-4,9-10,12H,5-8H2,1-2H3. The zero-order chi connectivity index (χ0) is 11.5. The van der Waals surface area contributed by atoms with E-state index in [4.69, 9.17) is 0 Å². The average molecular weight is 222 g/mol. The fourth-order valence-corrected chi connectivity index (χ4v) is 2.00. The SMILES string of the molecule is CC(C)c1ccc(N2CCC(F)CC2)nc1. The van der Waals surface area contributed by atoms with Gasteiger partial charge >= 0.3 is 0 Å². The highest BCUT2D eigenvalue weighted by Gasteiger charge is 2.19. The molecule has 0 amide bonds. The molecular weight excluding hydrogens is 203 g/mol. The Morgan fingerprint density at radius 3 is 2.50 bits per heavy atom. The molecule has 1 aliphatic rings. The van der Waals surface area contributed by atoms with Crippen LogP contribution in [0, 0.1) is 0 Å². The van der Waals surface area contributed by atoms with E-state index in [1.807, 2.05) is 12.3 Å². The molecule has 0 unspecified atom stereocenters. The lowest BCUT2D eigenvalue weighted by Crippen LogP contribution is -2.34. The smallest absolute Gasteiger partial charge is 0.128 e. The van der Waals surface area contributed by atoms with Crippen LogP contribution in [0.5, 0.6) is 0 Å². The number of alkyl halides is 1. The number of piperidine rings is 1. The van der Waals surface area contributed by atoms with Crippen molar-refractivity contribution in [2.45, 2.75) is 38.8 Å². The Kier molecular flexibility index (Phi) is 3.42. The first-order valence-corrected chi connectivity index (χ1v) is 6.02. The number of anilines is 1. The normalized spacial score (nSPS) is 18.1. The third-order valence-electron chi connectivity index (χ3n) is 3.19. The van der Waals surface area contributed by atoms with Crippen molar-refractivity contribution in [2.24, 2.45) is 0 Å². The Morgan fingerprint density at radius 2 is 2.00 bits per heavy atom. The molecule has 0 aromatic carbocycles. The molecule has 1 aromatic rings. The summed E-state index contributed by atoms with van der Waals surface area (Å²) in [5, 5.41) is 0. The summed E-state index contributed by atoms with van der Waals surface area (Å²) in [6, 6.07) is 4.17. The molecule has 0 N–H and O–H groups in total. The van der Waals surface area contributed by atoms with Crippen molar-refractivity contribution in [3.8, 4) is 0 Å². The third-order valence-corrected chi connectivity index (χ3v) is 3.19. The molecule has 1 saturated heterocycles. The summed E-state index contributed by atoms with van der Waals surface area (Å²) in [5.74, 6) is 1.49. The zero-order valence-corrected chi connectivity index (χ0v) is 9.99. The van der Waals surface area contributed by atoms with Gasteiger partial charge < -0.3 is 4.90 Å². The molecule has 0 atom stereocenters. The number of hydrogen-bond donors (Lipinski definition) is 0. The van der Waals surface area contributed by atoms with E-state index in [1.165, 1.54) is 5.56 Å². The molecule has 1 aromatic heterocycles. The maximum absolute atomic E-state index is 13.0. The first-order chi connectivity index (χ1) is 7.66. The molecule has 0 radical (unpaired) electrons. The van der Waals surface area contributed by atoms with Crippen molar-refractivity contribution in [2.75, 3.05) is 18.0 Å². The highest BCUT2D eigenvalue weighted by molar-refractivity contribution is 5.40. The van der Waals surface area contributed by atoms with Gasteiger partial charge in [0.25, 0.3) is 0 Å². The quantitative estimate of drug-likeness (QED) is 0.764. The maximum Gasteiger partial charge on any atom is 0.128 e. The second-order valence-electron chi connectivity index (χ2n) is 4.77. The molecule has 2 rings (SSSR count). The van der Waals surface area contributed by atoms with Crippen LogP contribution in [0.3, 0.4) is 0 Å². The van der Waals surface area contributed by atoms with E-state index < -0.39 is 6.17 Å². The molecule has 0 spiro atoms. The van der Waals surface area contributed by atoms with Gasteiger partial charge in [0.2, 0.25) is 0 Å². The van der Waals surface area contributed by atoms with Crippen molar-refractivity contribution >= 4 is 5.82 Å². The van der Waals surface area contributed by atoms with Gasteiger partial charge in [0.1, 0.15) is 12.0 Å². The number of halogens is 1. The van der Waals surface area contributed by atoms with Crippen LogP contribution in [0.1, 0.15) is 38.2 Å². The van der Waals surface area contributed by atoms with Gasteiger partial charge in [-0.15, -0.1) is 0 Å². The van der Waals surface area contributed by atoms with E-state index in [2.05, 4.69) is 29.8 Å². The molecule has 0 bridgehead atoms. The van der Waals surface area contributed by atoms with Crippen LogP contribution in [0.25, 0.3) is 0 Å². The lowest BCUT2D eigenvalue weighted by Gasteiger charge is -2.29. The fourth-order valence-electron chi connectivity index (χ4n) is 2.00. The van der Waals surface area contributed by atoms with Gasteiger partial charge in [-0.3, -0.25) is 0 Å². The molecule has 0 aliphatic carbocycles. The summed E-state index contributed by atoms with van der Waals surface area (Å²) in [5.41, 5.74) is 1.25. The number of rotatable bonds is 2. The predicted molar refractivity (Wildman–Crippen MR) is 64.7 cm³/mol. The summed E-state index contributed by atoms with van der Waals surface area (Å²) in [6.07, 6.45) is 2.58. The van der Waals surface area contributed by atoms with E-state index in [1.54, 1.807) is 0 Å². The Balaban J connectivity index is 2.04. The summed E-state index contributed by atoms with van der Waals surface area (Å²) in [7, 11) is 0. The Morgan fingerprint density at radius 1 is 1.31 bits per heavy atom. The van der Waals surface area contributed by atoms with Crippen LogP contribution in [0.15, 0.2) is 18.3 Å². The van der Waals surface area contributed by atoms with Crippen LogP contribution < -0.4 is 4.90 Å². The van der Waals surface area contributed by atoms with Gasteiger partial charge in [0.05, 0.1) is 0 Å². The fraction of sp³-hybridized carbons (Fsp3) is 0.615. The zero-order valence-electron chi connectivity index (χ0n) is 9.99. The number of nitrogens with zero attached hydrogens (tertiary/aromatic N) is 2. The molecule has 1 fully saturated rings. The minimum Gasteiger partial charge on any atom is -0.356 e. The highest BCUT2D eigenvalue weighted by atomic mass is 19.1. The maximum atomic E-state index is 13.0. The summed E-state index contributed by atoms with van der Waals surface area (Å²) in [6.45, 7) is 5.89. The minimum atomic E-state index is -0.619. The van der Waals surface area contributed by atoms with Gasteiger partial charge in [-0.1, -0.05) is 19.9 Å². The summed E-state index contributed by atoms with van der Waals surface area (Å²) < 4.78 is 13.0. The average Bonchev–Trinajstić information content (AvgIpc) is 2.30. The largest absolute Gasteiger partial charge is 0.356 e. The Hall–Kier alpha value is -1.12. The second-order valence-corrected chi connectivity index (χ2v) is 4.77. The molecule has 2 nitrogen and oxygen atoms in total. The Bertz CT molecular complexity index is 326. The van der Waals surface area contributed by atoms with E-state index in [0.29, 0.717) is 18.8 Å². The predicted octanol–water partition coefficient (Wildman–Crippen LogP) is 3.14. The summed E-state index contributed by atoms with van der Waals surface area (Å²) in [4.78, 5) is 6.62. The van der Waals surface area contributed by atoms with E-state index in [-0.39, 0.29) is 0 Å². The van der Waals surface area contributed by atoms with Crippen molar-refractivity contribution < 1.29 is 4.39 Å². The number of aromatic nitrogens is 1. The van der Waals surface area contributed by atoms with Crippen molar-refractivity contribution in [3.05, 3.63) is 23.9 Å². The lowest BCUT2D eigenvalue weighted by atomic mass is 10.1. The van der Waals surface area contributed by atoms with E-state index >= 15 is 0 Å². The lowest BCUT2D eigenvalue weighted by molar-refractivity contribution is 0.276. The van der Waals surface area contributed by atoms with Gasteiger partial charge in [-0.2, -0.15) is 0 Å². The molecule has 16 heavy (non-hydrogen) atoms. The minimum absolute atomic E-state index is 0.512. The summed E-state index contributed by atoms with van der Waals surface area (Å²) >= 11 is 0. The first-order valence-electron chi connectivity index (χ1n) is 6.02. The Labute approximate surface area is 96.5 Å². The topological polar surface area (TPSA) is 16.1 Å². The van der Waals surface area contributed by atoms with Crippen molar-refractivity contribution in [1.82, 2.24) is 4.98 Å². The molecule has 88 valence electrons. The van der Waals surface area contributed by atoms with Crippen LogP contribution in [0.2, 0.25) is 0 Å². The highest BCUT2D eigenvalue weighted by Crippen LogP contribution is 2.21. The van der Waals surface area contributed by atoms with E-state index in [0.717, 1.165) is 18.9 Å². The molecule has 2 heterocycles. The van der Waals surface area contributed by atoms with Crippen LogP contribution in [-0.2, 0) is 0 Å². The van der Waals surface area contributed by atoms with Crippen LogP contribution in [-0.4, -0.2) is 24.2 Å². The number of pyridine rings is 1. The second kappa shape index (κ2) is 4.81. The number of hydrogen-bond acceptors (Lipinski definition) is 2. The third kappa shape index (κ3) is 2.52. The molecular formula is C13H19FN2. The monoisotopic (exact) mass is 222 g/mol. The van der Waals surface area contributed by atoms with E-state index in [9.17, 15) is 4.39 Å². The van der Waals surface area contributed by atoms with Gasteiger partial charge in [0.15, 0.2) is 0 Å². The van der Waals surface area contributed by atoms with Gasteiger partial charge in [0, 0.05) is 19.3 Å². The van der Waals surface area contributed by atoms with Gasteiger partial charge in [-0.25, -0.2) is 9.37 Å².